The van der Waals surface area contributed by atoms with Gasteiger partial charge in [0.1, 0.15) is 0 Å². The second-order valence-electron chi connectivity index (χ2n) is 3.20. The molecule has 0 amide bonds. The van der Waals surface area contributed by atoms with E-state index in [9.17, 15) is 5.11 Å². The fourth-order valence-corrected chi connectivity index (χ4v) is 1.92. The molecule has 1 N–H and O–H groups in total. The van der Waals surface area contributed by atoms with Crippen molar-refractivity contribution < 1.29 is 5.11 Å². The van der Waals surface area contributed by atoms with Crippen molar-refractivity contribution in [2.75, 3.05) is 6.26 Å². The Labute approximate surface area is 84.2 Å². The molecule has 1 nitrogen and oxygen atoms in total. The Morgan fingerprint density at radius 2 is 2.08 bits per heavy atom. The van der Waals surface area contributed by atoms with Gasteiger partial charge in [-0.15, -0.1) is 11.8 Å². The first-order valence-corrected chi connectivity index (χ1v) is 5.76. The normalized spacial score (nSPS) is 12.8. The van der Waals surface area contributed by atoms with E-state index < -0.39 is 0 Å². The average molecular weight is 196 g/mol. The highest BCUT2D eigenvalue weighted by atomic mass is 32.2. The van der Waals surface area contributed by atoms with E-state index in [0.717, 1.165) is 12.8 Å². The molecule has 0 bridgehead atoms. The molecule has 0 aliphatic heterocycles. The van der Waals surface area contributed by atoms with Crippen molar-refractivity contribution in [3.63, 3.8) is 0 Å². The Hall–Kier alpha value is -0.470. The minimum Gasteiger partial charge on any atom is -0.393 e. The van der Waals surface area contributed by atoms with E-state index in [1.807, 2.05) is 6.92 Å². The molecule has 0 aliphatic rings. The molecule has 1 atom stereocenters. The number of aliphatic hydroxyl groups excluding tert-OH is 1. The summed E-state index contributed by atoms with van der Waals surface area (Å²) in [6, 6.07) is 8.37. The summed E-state index contributed by atoms with van der Waals surface area (Å²) in [7, 11) is 0. The summed E-state index contributed by atoms with van der Waals surface area (Å²) in [5, 5.41) is 9.17. The maximum absolute atomic E-state index is 9.17. The topological polar surface area (TPSA) is 20.2 Å². The average Bonchev–Trinajstić information content (AvgIpc) is 2.15. The number of rotatable bonds is 4. The first-order valence-electron chi connectivity index (χ1n) is 4.54. The van der Waals surface area contributed by atoms with Gasteiger partial charge in [-0.2, -0.15) is 0 Å². The van der Waals surface area contributed by atoms with Crippen LogP contribution >= 0.6 is 11.8 Å². The molecular weight excluding hydrogens is 180 g/mol. The third-order valence-electron chi connectivity index (χ3n) is 2.02. The lowest BCUT2D eigenvalue weighted by molar-refractivity contribution is 0.184. The molecular formula is C11H16OS. The van der Waals surface area contributed by atoms with E-state index in [2.05, 4.69) is 30.5 Å². The van der Waals surface area contributed by atoms with Crippen molar-refractivity contribution in [1.29, 1.82) is 0 Å². The van der Waals surface area contributed by atoms with Crippen molar-refractivity contribution in [2.24, 2.45) is 0 Å². The molecule has 0 aromatic heterocycles. The van der Waals surface area contributed by atoms with Gasteiger partial charge in [0.05, 0.1) is 6.10 Å². The number of aryl methyl sites for hydroxylation is 1. The van der Waals surface area contributed by atoms with E-state index in [-0.39, 0.29) is 6.10 Å². The van der Waals surface area contributed by atoms with Gasteiger partial charge in [0.2, 0.25) is 0 Å². The van der Waals surface area contributed by atoms with Crippen molar-refractivity contribution >= 4 is 11.8 Å². The standard InChI is InChI=1S/C11H16OS/c1-9(12)7-8-10-5-3-4-6-11(10)13-2/h3-6,9,12H,7-8H2,1-2H3. The van der Waals surface area contributed by atoms with E-state index in [1.165, 1.54) is 10.5 Å². The molecule has 0 saturated carbocycles. The number of hydrogen-bond acceptors (Lipinski definition) is 2. The highest BCUT2D eigenvalue weighted by Crippen LogP contribution is 2.21. The van der Waals surface area contributed by atoms with Gasteiger partial charge in [-0.1, -0.05) is 18.2 Å². The molecule has 0 aliphatic carbocycles. The van der Waals surface area contributed by atoms with Crippen LogP contribution in [0.15, 0.2) is 29.2 Å². The van der Waals surface area contributed by atoms with E-state index in [1.54, 1.807) is 11.8 Å². The van der Waals surface area contributed by atoms with Gasteiger partial charge in [-0.05, 0) is 37.7 Å². The lowest BCUT2D eigenvalue weighted by Gasteiger charge is -2.07. The lowest BCUT2D eigenvalue weighted by atomic mass is 10.1. The molecule has 1 aromatic rings. The summed E-state index contributed by atoms with van der Waals surface area (Å²) in [4.78, 5) is 1.32. The van der Waals surface area contributed by atoms with Crippen LogP contribution in [0.2, 0.25) is 0 Å². The van der Waals surface area contributed by atoms with Crippen molar-refractivity contribution in [3.05, 3.63) is 29.8 Å². The van der Waals surface area contributed by atoms with Gasteiger partial charge in [0, 0.05) is 4.90 Å². The van der Waals surface area contributed by atoms with Gasteiger partial charge in [-0.25, -0.2) is 0 Å². The molecule has 1 aromatic carbocycles. The zero-order valence-corrected chi connectivity index (χ0v) is 8.97. The molecule has 0 heterocycles. The monoisotopic (exact) mass is 196 g/mol. The van der Waals surface area contributed by atoms with Crippen LogP contribution in [0.5, 0.6) is 0 Å². The molecule has 13 heavy (non-hydrogen) atoms. The van der Waals surface area contributed by atoms with Gasteiger partial charge >= 0.3 is 0 Å². The third kappa shape index (κ3) is 3.41. The summed E-state index contributed by atoms with van der Waals surface area (Å²) in [5.41, 5.74) is 1.34. The second-order valence-corrected chi connectivity index (χ2v) is 4.05. The summed E-state index contributed by atoms with van der Waals surface area (Å²) < 4.78 is 0. The van der Waals surface area contributed by atoms with Gasteiger partial charge < -0.3 is 5.11 Å². The molecule has 72 valence electrons. The van der Waals surface area contributed by atoms with Crippen LogP contribution in [0.4, 0.5) is 0 Å². The van der Waals surface area contributed by atoms with Crippen LogP contribution in [-0.4, -0.2) is 17.5 Å². The maximum atomic E-state index is 9.17. The van der Waals surface area contributed by atoms with E-state index in [4.69, 9.17) is 0 Å². The Balaban J connectivity index is 2.64. The van der Waals surface area contributed by atoms with Gasteiger partial charge in [0.15, 0.2) is 0 Å². The van der Waals surface area contributed by atoms with Crippen LogP contribution in [0, 0.1) is 0 Å². The molecule has 0 fully saturated rings. The highest BCUT2D eigenvalue weighted by molar-refractivity contribution is 7.98. The summed E-state index contributed by atoms with van der Waals surface area (Å²) >= 11 is 1.77. The van der Waals surface area contributed by atoms with E-state index >= 15 is 0 Å². The number of benzene rings is 1. The quantitative estimate of drug-likeness (QED) is 0.747. The van der Waals surface area contributed by atoms with Crippen LogP contribution < -0.4 is 0 Å². The third-order valence-corrected chi connectivity index (χ3v) is 2.86. The van der Waals surface area contributed by atoms with Gasteiger partial charge in [-0.3, -0.25) is 0 Å². The van der Waals surface area contributed by atoms with Gasteiger partial charge in [0.25, 0.3) is 0 Å². The van der Waals surface area contributed by atoms with Crippen molar-refractivity contribution in [1.82, 2.24) is 0 Å². The number of hydrogen-bond donors (Lipinski definition) is 1. The van der Waals surface area contributed by atoms with Crippen molar-refractivity contribution in [3.8, 4) is 0 Å². The minimum atomic E-state index is -0.199. The largest absolute Gasteiger partial charge is 0.393 e. The molecule has 0 saturated heterocycles. The Morgan fingerprint density at radius 1 is 1.38 bits per heavy atom. The number of aliphatic hydroxyl groups is 1. The van der Waals surface area contributed by atoms with E-state index in [0.29, 0.717) is 0 Å². The molecule has 0 spiro atoms. The first kappa shape index (κ1) is 10.6. The summed E-state index contributed by atoms with van der Waals surface area (Å²) in [5.74, 6) is 0. The predicted molar refractivity (Wildman–Crippen MR) is 58.2 cm³/mol. The van der Waals surface area contributed by atoms with Crippen molar-refractivity contribution in [2.45, 2.75) is 30.8 Å². The Kier molecular flexibility index (Phi) is 4.33. The molecule has 0 radical (unpaired) electrons. The predicted octanol–water partition coefficient (Wildman–Crippen LogP) is 2.72. The summed E-state index contributed by atoms with van der Waals surface area (Å²) in [6.45, 7) is 1.84. The van der Waals surface area contributed by atoms with Crippen LogP contribution in [0.1, 0.15) is 18.9 Å². The first-order chi connectivity index (χ1) is 6.24. The van der Waals surface area contributed by atoms with Crippen LogP contribution in [0.25, 0.3) is 0 Å². The minimum absolute atomic E-state index is 0.199. The SMILES string of the molecule is CSc1ccccc1CCC(C)O. The molecule has 1 rings (SSSR count). The van der Waals surface area contributed by atoms with Crippen LogP contribution in [-0.2, 0) is 6.42 Å². The fraction of sp³-hybridized carbons (Fsp3) is 0.455. The zero-order valence-electron chi connectivity index (χ0n) is 8.16. The fourth-order valence-electron chi connectivity index (χ4n) is 1.27. The Morgan fingerprint density at radius 3 is 2.69 bits per heavy atom. The zero-order chi connectivity index (χ0) is 9.68. The Bertz CT molecular complexity index is 258. The van der Waals surface area contributed by atoms with Crippen LogP contribution in [0.3, 0.4) is 0 Å². The second kappa shape index (κ2) is 5.30. The molecule has 1 unspecified atom stereocenters. The number of thioether (sulfide) groups is 1. The summed E-state index contributed by atoms with van der Waals surface area (Å²) in [6.07, 6.45) is 3.70. The highest BCUT2D eigenvalue weighted by Gasteiger charge is 2.01. The lowest BCUT2D eigenvalue weighted by Crippen LogP contribution is -2.01. The maximum Gasteiger partial charge on any atom is 0.0515 e. The molecule has 2 heteroatoms. The smallest absolute Gasteiger partial charge is 0.0515 e.